The highest BCUT2D eigenvalue weighted by molar-refractivity contribution is 5.86. The molecule has 148 valence electrons. The Morgan fingerprint density at radius 1 is 1.31 bits per heavy atom. The van der Waals surface area contributed by atoms with Crippen LogP contribution in [-0.4, -0.2) is 39.4 Å². The van der Waals surface area contributed by atoms with Gasteiger partial charge >= 0.3 is 5.97 Å². The Morgan fingerprint density at radius 3 is 2.73 bits per heavy atom. The molecule has 1 aliphatic carbocycles. The molecule has 0 aromatic carbocycles. The fraction of sp³-hybridized carbons (Fsp3) is 0.700. The van der Waals surface area contributed by atoms with Gasteiger partial charge in [-0.1, -0.05) is 50.5 Å². The molecule has 6 nitrogen and oxygen atoms in total. The zero-order valence-corrected chi connectivity index (χ0v) is 15.5. The standard InChI is InChI=1S/C20H32O6/c1-2-3-6-9-15(26-25)12-13-17-16(18(21)14-19(17)22)10-7-4-5-8-11-20(23)24/h4,7,12-13,15-18,21,25H,2-3,5-6,8-11,14H2,1H3,(H,23,24)/b7-4-,13-12+/t15-,16+,17+,18-/m0/s1. The second kappa shape index (κ2) is 12.8. The van der Waals surface area contributed by atoms with Crippen LogP contribution in [0.2, 0.25) is 0 Å². The fourth-order valence-corrected chi connectivity index (χ4v) is 3.29. The molecule has 0 aromatic rings. The molecule has 0 unspecified atom stereocenters. The van der Waals surface area contributed by atoms with Gasteiger partial charge in [0, 0.05) is 24.7 Å². The number of carbonyl (C=O) groups is 2. The lowest BCUT2D eigenvalue weighted by atomic mass is 9.90. The third kappa shape index (κ3) is 8.25. The molecule has 0 bridgehead atoms. The maximum atomic E-state index is 12.2. The molecule has 0 radical (unpaired) electrons. The quantitative estimate of drug-likeness (QED) is 0.198. The molecule has 3 N–H and O–H groups in total. The van der Waals surface area contributed by atoms with Crippen molar-refractivity contribution >= 4 is 11.8 Å². The van der Waals surface area contributed by atoms with Gasteiger partial charge in [-0.05, 0) is 25.7 Å². The van der Waals surface area contributed by atoms with Gasteiger partial charge in [-0.3, -0.25) is 14.8 Å². The van der Waals surface area contributed by atoms with Gasteiger partial charge in [-0.15, -0.1) is 0 Å². The Kier molecular flexibility index (Phi) is 11.1. The zero-order valence-electron chi connectivity index (χ0n) is 15.5. The fourth-order valence-electron chi connectivity index (χ4n) is 3.29. The van der Waals surface area contributed by atoms with Gasteiger partial charge in [0.05, 0.1) is 6.10 Å². The number of aliphatic hydroxyl groups is 1. The number of carbonyl (C=O) groups excluding carboxylic acids is 1. The van der Waals surface area contributed by atoms with Crippen molar-refractivity contribution in [1.82, 2.24) is 0 Å². The van der Waals surface area contributed by atoms with Crippen LogP contribution in [0.15, 0.2) is 24.3 Å². The first kappa shape index (κ1) is 22.5. The maximum absolute atomic E-state index is 12.2. The van der Waals surface area contributed by atoms with Crippen LogP contribution in [0.25, 0.3) is 0 Å². The Bertz CT molecular complexity index is 485. The second-order valence-corrected chi connectivity index (χ2v) is 6.95. The maximum Gasteiger partial charge on any atom is 0.303 e. The summed E-state index contributed by atoms with van der Waals surface area (Å²) in [5.41, 5.74) is 0. The number of allylic oxidation sites excluding steroid dienone is 3. The number of Topliss-reactive ketones (excluding diaryl/α,β-unsaturated/α-hetero) is 1. The van der Waals surface area contributed by atoms with E-state index in [1.165, 1.54) is 0 Å². The van der Waals surface area contributed by atoms with Gasteiger partial charge in [0.1, 0.15) is 11.9 Å². The van der Waals surface area contributed by atoms with E-state index in [2.05, 4.69) is 11.8 Å². The molecule has 26 heavy (non-hydrogen) atoms. The summed E-state index contributed by atoms with van der Waals surface area (Å²) in [5.74, 6) is -1.37. The van der Waals surface area contributed by atoms with Gasteiger partial charge in [-0.25, -0.2) is 4.89 Å². The minimum absolute atomic E-state index is 0.00303. The highest BCUT2D eigenvalue weighted by Gasteiger charge is 2.39. The first-order valence-electron chi connectivity index (χ1n) is 9.55. The van der Waals surface area contributed by atoms with Gasteiger partial charge in [0.15, 0.2) is 0 Å². The second-order valence-electron chi connectivity index (χ2n) is 6.95. The lowest BCUT2D eigenvalue weighted by Crippen LogP contribution is -2.19. The van der Waals surface area contributed by atoms with Gasteiger partial charge < -0.3 is 10.2 Å². The molecule has 0 aliphatic heterocycles. The van der Waals surface area contributed by atoms with Crippen molar-refractivity contribution in [3.05, 3.63) is 24.3 Å². The first-order chi connectivity index (χ1) is 12.5. The van der Waals surface area contributed by atoms with Crippen molar-refractivity contribution < 1.29 is 29.9 Å². The molecule has 0 aromatic heterocycles. The van der Waals surface area contributed by atoms with Gasteiger partial charge in [-0.2, -0.15) is 0 Å². The van der Waals surface area contributed by atoms with Crippen molar-refractivity contribution in [3.63, 3.8) is 0 Å². The van der Waals surface area contributed by atoms with Crippen LogP contribution in [0.3, 0.4) is 0 Å². The first-order valence-corrected chi connectivity index (χ1v) is 9.55. The number of hydrogen-bond acceptors (Lipinski definition) is 5. The van der Waals surface area contributed by atoms with Crippen LogP contribution in [0.1, 0.15) is 64.7 Å². The number of carboxylic acids is 1. The third-order valence-electron chi connectivity index (χ3n) is 4.83. The summed E-state index contributed by atoms with van der Waals surface area (Å²) >= 11 is 0. The van der Waals surface area contributed by atoms with Crippen molar-refractivity contribution in [3.8, 4) is 0 Å². The summed E-state index contributed by atoms with van der Waals surface area (Å²) in [6.07, 6.45) is 12.1. The molecule has 4 atom stereocenters. The van der Waals surface area contributed by atoms with E-state index in [1.807, 2.05) is 12.2 Å². The topological polar surface area (TPSA) is 104 Å². The largest absolute Gasteiger partial charge is 0.481 e. The van der Waals surface area contributed by atoms with Gasteiger partial charge in [0.2, 0.25) is 0 Å². The minimum atomic E-state index is -0.806. The molecule has 1 fully saturated rings. The SMILES string of the molecule is CCCCC[C@@H](/C=C/[C@H]1C(=O)C[C@H](O)[C@@H]1C/C=C\CCCC(=O)O)OO. The lowest BCUT2D eigenvalue weighted by Gasteiger charge is -2.17. The van der Waals surface area contributed by atoms with E-state index in [9.17, 15) is 14.7 Å². The molecule has 1 rings (SSSR count). The predicted octanol–water partition coefficient (Wildman–Crippen LogP) is 3.75. The summed E-state index contributed by atoms with van der Waals surface area (Å²) in [7, 11) is 0. The van der Waals surface area contributed by atoms with Crippen molar-refractivity contribution in [2.45, 2.75) is 76.9 Å². The van der Waals surface area contributed by atoms with E-state index in [1.54, 1.807) is 12.2 Å². The third-order valence-corrected chi connectivity index (χ3v) is 4.83. The summed E-state index contributed by atoms with van der Waals surface area (Å²) in [5, 5.41) is 27.8. The van der Waals surface area contributed by atoms with E-state index in [-0.39, 0.29) is 30.5 Å². The number of rotatable bonds is 13. The van der Waals surface area contributed by atoms with E-state index < -0.39 is 18.2 Å². The molecule has 6 heteroatoms. The van der Waals surface area contributed by atoms with Crippen molar-refractivity contribution in [1.29, 1.82) is 0 Å². The lowest BCUT2D eigenvalue weighted by molar-refractivity contribution is -0.267. The van der Waals surface area contributed by atoms with Crippen molar-refractivity contribution in [2.75, 3.05) is 0 Å². The summed E-state index contributed by atoms with van der Waals surface area (Å²) in [6.45, 7) is 2.10. The van der Waals surface area contributed by atoms with Crippen molar-refractivity contribution in [2.24, 2.45) is 11.8 Å². The Balaban J connectivity index is 2.54. The van der Waals surface area contributed by atoms with E-state index in [0.717, 1.165) is 19.3 Å². The van der Waals surface area contributed by atoms with Crippen LogP contribution in [0, 0.1) is 11.8 Å². The Labute approximate surface area is 155 Å². The summed E-state index contributed by atoms with van der Waals surface area (Å²) in [4.78, 5) is 27.1. The number of aliphatic carboxylic acids is 1. The molecule has 1 saturated carbocycles. The molecule has 0 amide bonds. The number of aliphatic hydroxyl groups excluding tert-OH is 1. The molecule has 0 saturated heterocycles. The Hall–Kier alpha value is -1.50. The smallest absolute Gasteiger partial charge is 0.303 e. The normalized spacial score (nSPS) is 24.7. The van der Waals surface area contributed by atoms with E-state index >= 15 is 0 Å². The highest BCUT2D eigenvalue weighted by Crippen LogP contribution is 2.33. The average Bonchev–Trinajstić information content (AvgIpc) is 2.87. The number of carboxylic acid groups (broad SMARTS) is 1. The number of ketones is 1. The van der Waals surface area contributed by atoms with E-state index in [4.69, 9.17) is 10.4 Å². The molecular weight excluding hydrogens is 336 g/mol. The minimum Gasteiger partial charge on any atom is -0.481 e. The molecule has 0 spiro atoms. The predicted molar refractivity (Wildman–Crippen MR) is 98.6 cm³/mol. The summed E-state index contributed by atoms with van der Waals surface area (Å²) < 4.78 is 0. The number of hydrogen-bond donors (Lipinski definition) is 3. The zero-order chi connectivity index (χ0) is 19.4. The van der Waals surface area contributed by atoms with Crippen LogP contribution in [0.5, 0.6) is 0 Å². The average molecular weight is 368 g/mol. The molecular formula is C20H32O6. The Morgan fingerprint density at radius 2 is 2.08 bits per heavy atom. The van der Waals surface area contributed by atoms with Crippen LogP contribution in [-0.2, 0) is 14.5 Å². The van der Waals surface area contributed by atoms with Gasteiger partial charge in [0.25, 0.3) is 0 Å². The highest BCUT2D eigenvalue weighted by atomic mass is 17.1. The van der Waals surface area contributed by atoms with E-state index in [0.29, 0.717) is 25.7 Å². The molecule has 1 aliphatic rings. The molecule has 0 heterocycles. The summed E-state index contributed by atoms with van der Waals surface area (Å²) in [6, 6.07) is 0. The monoisotopic (exact) mass is 368 g/mol. The van der Waals surface area contributed by atoms with Crippen LogP contribution >= 0.6 is 0 Å². The van der Waals surface area contributed by atoms with Crippen LogP contribution < -0.4 is 0 Å². The van der Waals surface area contributed by atoms with Crippen LogP contribution in [0.4, 0.5) is 0 Å². The number of unbranched alkanes of at least 4 members (excludes halogenated alkanes) is 3.